The average molecular weight is 661 g/mol. The molecule has 0 aromatic heterocycles. The number of rotatable bonds is 6. The summed E-state index contributed by atoms with van der Waals surface area (Å²) in [5, 5.41) is 23.8. The van der Waals surface area contributed by atoms with Gasteiger partial charge in [0, 0.05) is 34.7 Å². The Hall–Kier alpha value is -2.62. The predicted molar refractivity (Wildman–Crippen MR) is 201 cm³/mol. The molecular formula is C45H60N2O2. The second-order valence-corrected chi connectivity index (χ2v) is 19.8. The lowest BCUT2D eigenvalue weighted by atomic mass is 9.47. The van der Waals surface area contributed by atoms with E-state index in [1.807, 2.05) is 12.4 Å². The van der Waals surface area contributed by atoms with E-state index in [1.165, 1.54) is 99.3 Å². The van der Waals surface area contributed by atoms with Gasteiger partial charge in [-0.2, -0.15) is 0 Å². The van der Waals surface area contributed by atoms with Gasteiger partial charge in [0.05, 0.1) is 12.1 Å². The van der Waals surface area contributed by atoms with Crippen LogP contribution in [0.3, 0.4) is 0 Å². The molecule has 0 unspecified atom stereocenters. The topological polar surface area (TPSA) is 65.2 Å². The molecule has 0 radical (unpaired) electrons. The predicted octanol–water partition coefficient (Wildman–Crippen LogP) is 10.5. The highest BCUT2D eigenvalue weighted by Gasteiger charge is 2.54. The van der Waals surface area contributed by atoms with Crippen LogP contribution in [-0.2, 0) is 16.2 Å². The van der Waals surface area contributed by atoms with Crippen molar-refractivity contribution in [2.24, 2.45) is 45.5 Å². The molecule has 0 heterocycles. The summed E-state index contributed by atoms with van der Waals surface area (Å²) < 4.78 is 0. The van der Waals surface area contributed by atoms with E-state index in [4.69, 9.17) is 9.98 Å². The quantitative estimate of drug-likeness (QED) is 0.303. The average Bonchev–Trinajstić information content (AvgIpc) is 3.03. The number of hydrogen-bond acceptors (Lipinski definition) is 4. The molecule has 2 aromatic carbocycles. The molecule has 262 valence electrons. The number of benzene rings is 2. The van der Waals surface area contributed by atoms with Crippen LogP contribution in [0, 0.1) is 42.4 Å². The first kappa shape index (κ1) is 32.3. The van der Waals surface area contributed by atoms with Crippen LogP contribution in [-0.4, -0.2) is 34.7 Å². The second-order valence-electron chi connectivity index (χ2n) is 19.8. The maximum Gasteiger partial charge on any atom is 0.128 e. The maximum atomic E-state index is 12.0. The maximum absolute atomic E-state index is 12.0. The Bertz CT molecular complexity index is 1600. The Morgan fingerprint density at radius 3 is 1.39 bits per heavy atom. The standard InChI is InChI=1S/C45H60N2O2/c1-27-9-34(41(48)37(10-27)44-19-28-11-29(20-44)13-30(12-28)21-44)25-46-39-7-5-6-8-40(39)47-26-35-17-36(43(2,3)4)18-38(42(35)49)45-22-31-14-32(23-45)16-33(15-31)24-45/h9-10,17-18,25-26,28-33,39-40,48-49H,5-8,11-16,19-24H2,1-4H3/t28?,29?,30?,31?,32?,33?,39-,40-,44?,45?/m1/s1. The highest BCUT2D eigenvalue weighted by Crippen LogP contribution is 2.63. The summed E-state index contributed by atoms with van der Waals surface area (Å²) in [6, 6.07) is 9.18. The van der Waals surface area contributed by atoms with E-state index >= 15 is 0 Å². The first-order valence-electron chi connectivity index (χ1n) is 20.2. The van der Waals surface area contributed by atoms with Gasteiger partial charge < -0.3 is 10.2 Å². The zero-order chi connectivity index (χ0) is 33.7. The van der Waals surface area contributed by atoms with Gasteiger partial charge in [0.2, 0.25) is 0 Å². The molecule has 49 heavy (non-hydrogen) atoms. The molecule has 0 aliphatic heterocycles. The van der Waals surface area contributed by atoms with E-state index in [2.05, 4.69) is 52.0 Å². The third-order valence-electron chi connectivity index (χ3n) is 15.0. The second kappa shape index (κ2) is 11.7. The fourth-order valence-electron chi connectivity index (χ4n) is 13.6. The smallest absolute Gasteiger partial charge is 0.128 e. The summed E-state index contributed by atoms with van der Waals surface area (Å²) in [4.78, 5) is 10.4. The van der Waals surface area contributed by atoms with Crippen molar-refractivity contribution in [3.8, 4) is 11.5 Å². The van der Waals surface area contributed by atoms with Gasteiger partial charge in [-0.1, -0.05) is 45.7 Å². The van der Waals surface area contributed by atoms with Crippen molar-refractivity contribution in [1.82, 2.24) is 0 Å². The molecule has 2 aromatic rings. The molecular weight excluding hydrogens is 601 g/mol. The van der Waals surface area contributed by atoms with Gasteiger partial charge >= 0.3 is 0 Å². The van der Waals surface area contributed by atoms with Gasteiger partial charge in [-0.15, -0.1) is 0 Å². The van der Waals surface area contributed by atoms with Crippen molar-refractivity contribution < 1.29 is 10.2 Å². The van der Waals surface area contributed by atoms with E-state index in [-0.39, 0.29) is 28.3 Å². The minimum atomic E-state index is -0.00412. The van der Waals surface area contributed by atoms with Crippen molar-refractivity contribution in [3.05, 3.63) is 57.6 Å². The summed E-state index contributed by atoms with van der Waals surface area (Å²) >= 11 is 0. The van der Waals surface area contributed by atoms with Crippen LogP contribution in [0.5, 0.6) is 11.5 Å². The molecule has 0 saturated heterocycles. The third-order valence-corrected chi connectivity index (χ3v) is 15.0. The highest BCUT2D eigenvalue weighted by molar-refractivity contribution is 5.86. The fourth-order valence-corrected chi connectivity index (χ4v) is 13.6. The Kier molecular flexibility index (Phi) is 7.72. The van der Waals surface area contributed by atoms with Crippen LogP contribution in [0.1, 0.15) is 157 Å². The van der Waals surface area contributed by atoms with Crippen molar-refractivity contribution in [2.75, 3.05) is 0 Å². The van der Waals surface area contributed by atoms with Crippen LogP contribution in [0.15, 0.2) is 34.3 Å². The van der Waals surface area contributed by atoms with Crippen LogP contribution in [0.25, 0.3) is 0 Å². The summed E-state index contributed by atoms with van der Waals surface area (Å²) in [7, 11) is 0. The number of hydrogen-bond donors (Lipinski definition) is 2. The Labute approximate surface area is 295 Å². The van der Waals surface area contributed by atoms with Crippen molar-refractivity contribution in [1.29, 1.82) is 0 Å². The highest BCUT2D eigenvalue weighted by atomic mass is 16.3. The largest absolute Gasteiger partial charge is 0.507 e. The monoisotopic (exact) mass is 660 g/mol. The van der Waals surface area contributed by atoms with E-state index < -0.39 is 0 Å². The number of aryl methyl sites for hydroxylation is 1. The Morgan fingerprint density at radius 1 is 0.592 bits per heavy atom. The first-order chi connectivity index (χ1) is 23.5. The number of phenolic OH excluding ortho intramolecular Hbond substituents is 2. The minimum absolute atomic E-state index is 0.00412. The van der Waals surface area contributed by atoms with Crippen LogP contribution >= 0.6 is 0 Å². The molecule has 2 atom stereocenters. The Balaban J connectivity index is 1.00. The summed E-state index contributed by atoms with van der Waals surface area (Å²) in [5.74, 6) is 5.99. The molecule has 9 fully saturated rings. The summed E-state index contributed by atoms with van der Waals surface area (Å²) in [5.41, 5.74) is 7.01. The molecule has 8 bridgehead atoms. The van der Waals surface area contributed by atoms with Crippen molar-refractivity contribution in [2.45, 2.75) is 159 Å². The van der Waals surface area contributed by atoms with Gasteiger partial charge in [-0.3, -0.25) is 9.98 Å². The van der Waals surface area contributed by atoms with Gasteiger partial charge in [0.25, 0.3) is 0 Å². The lowest BCUT2D eigenvalue weighted by Crippen LogP contribution is -2.48. The SMILES string of the molecule is Cc1cc(C=N[C@@H]2CCCC[C@H]2N=Cc2cc(C(C)(C)C)cc(C34CC5CC(CC(C5)C3)C4)c2O)c(O)c(C23CC4CC(CC(C4)C2)C3)c1. The molecule has 9 aliphatic carbocycles. The van der Waals surface area contributed by atoms with E-state index in [0.29, 0.717) is 11.5 Å². The van der Waals surface area contributed by atoms with Gasteiger partial charge in [0.15, 0.2) is 0 Å². The van der Waals surface area contributed by atoms with Gasteiger partial charge in [0.1, 0.15) is 11.5 Å². The summed E-state index contributed by atoms with van der Waals surface area (Å²) in [6.45, 7) is 9.07. The number of aromatic hydroxyl groups is 2. The van der Waals surface area contributed by atoms with Crippen LogP contribution in [0.2, 0.25) is 0 Å². The lowest BCUT2D eigenvalue weighted by molar-refractivity contribution is -0.00633. The molecule has 0 spiro atoms. The van der Waals surface area contributed by atoms with Crippen molar-refractivity contribution >= 4 is 12.4 Å². The molecule has 2 N–H and O–H groups in total. The van der Waals surface area contributed by atoms with Gasteiger partial charge in [-0.05, 0) is 172 Å². The summed E-state index contributed by atoms with van der Waals surface area (Å²) in [6.07, 6.45) is 24.2. The van der Waals surface area contributed by atoms with E-state index in [9.17, 15) is 10.2 Å². The molecule has 11 rings (SSSR count). The minimum Gasteiger partial charge on any atom is -0.507 e. The van der Waals surface area contributed by atoms with Crippen molar-refractivity contribution in [3.63, 3.8) is 0 Å². The zero-order valence-electron chi connectivity index (χ0n) is 30.7. The molecule has 9 aliphatic rings. The number of phenols is 2. The molecule has 0 amide bonds. The molecule has 4 nitrogen and oxygen atoms in total. The Morgan fingerprint density at radius 2 is 0.980 bits per heavy atom. The molecule has 4 heteroatoms. The first-order valence-corrected chi connectivity index (χ1v) is 20.2. The fraction of sp³-hybridized carbons (Fsp3) is 0.689. The van der Waals surface area contributed by atoms with Crippen LogP contribution < -0.4 is 0 Å². The van der Waals surface area contributed by atoms with E-state index in [0.717, 1.165) is 72.3 Å². The molecule has 9 saturated carbocycles. The van der Waals surface area contributed by atoms with Gasteiger partial charge in [-0.25, -0.2) is 0 Å². The normalized spacial score (nSPS) is 39.5. The lowest BCUT2D eigenvalue weighted by Gasteiger charge is -2.57. The number of nitrogens with zero attached hydrogens (tertiary/aromatic N) is 2. The number of aliphatic imine (C=N–C) groups is 2. The zero-order valence-corrected chi connectivity index (χ0v) is 30.7. The van der Waals surface area contributed by atoms with Crippen LogP contribution in [0.4, 0.5) is 0 Å². The third kappa shape index (κ3) is 5.70. The van der Waals surface area contributed by atoms with E-state index in [1.54, 1.807) is 0 Å².